The quantitative estimate of drug-likeness (QED) is 0.0848. The zero-order valence-corrected chi connectivity index (χ0v) is 85.9. The van der Waals surface area contributed by atoms with Gasteiger partial charge in [0.1, 0.15) is 24.3 Å². The fraction of sp³-hybridized carbons (Fsp3) is 0.753. The SMILES string of the molecule is C/C=C/S(=S)(=S)N(C)C(C)(C)C.C=CC(=O)N(C)C(C)(C)C.CC(C)(C)C(=O)N1C[C@@H]2C[C@H]1C(=O)O2.CC(C)(C)C(=O)N1C[C@H]2C[C@@H]1C(=O)O2.CC(C)(C)NC(=O)[C@@H]1CCC(=O)O1.CC(C)(C)NC(=O)[C@@H]1CCCC(=O)O1.CC(C)(C)NC(=O)[C@H]1CCC(=O)O1.CC(C)(C)NC(=O)[C@H]1CCCC(=O)O1.CC(C)=CC(=O)C(C)(C)C.CN(C)C/C=C/C(=O)C(C)(C)C. The maximum absolute atomic E-state index is 11.9. The first kappa shape index (κ1) is 120. The number of nitrogens with one attached hydrogen (secondary N) is 4. The highest BCUT2D eigenvalue weighted by molar-refractivity contribution is 8.56. The first-order valence-electron chi connectivity index (χ1n) is 43.3. The van der Waals surface area contributed by atoms with Crippen molar-refractivity contribution in [2.45, 2.75) is 387 Å². The molecule has 0 radical (unpaired) electrons. The van der Waals surface area contributed by atoms with Crippen molar-refractivity contribution in [3.05, 3.63) is 47.9 Å². The fourth-order valence-electron chi connectivity index (χ4n) is 11.2. The average Bonchev–Trinajstić information content (AvgIpc) is 1.63. The number of likely N-dealkylation sites (tertiary alicyclic amines) is 2. The molecule has 0 aliphatic carbocycles. The Labute approximate surface area is 764 Å². The molecule has 8 heterocycles. The molecule has 0 unspecified atom stereocenters. The van der Waals surface area contributed by atoms with E-state index in [0.29, 0.717) is 77.3 Å². The molecule has 0 aromatic rings. The monoisotopic (exact) mass is 1840 g/mol. The summed E-state index contributed by atoms with van der Waals surface area (Å²) in [4.78, 5) is 176. The van der Waals surface area contributed by atoms with E-state index in [1.165, 1.54) is 6.08 Å². The van der Waals surface area contributed by atoms with Crippen LogP contribution in [-0.2, 0) is 130 Å². The number of hydrogen-bond donors (Lipinski definition) is 4. The van der Waals surface area contributed by atoms with Crippen LogP contribution in [0.25, 0.3) is 0 Å². The van der Waals surface area contributed by atoms with Gasteiger partial charge in [0, 0.05) is 120 Å². The van der Waals surface area contributed by atoms with Crippen molar-refractivity contribution in [1.29, 1.82) is 0 Å². The number of ketones is 2. The molecule has 8 fully saturated rings. The number of esters is 6. The summed E-state index contributed by atoms with van der Waals surface area (Å²) in [6.07, 6.45) is 12.7. The number of likely N-dealkylation sites (N-methyl/N-ethyl adjacent to an activating group) is 2. The van der Waals surface area contributed by atoms with E-state index in [2.05, 4.69) is 52.9 Å². The van der Waals surface area contributed by atoms with Gasteiger partial charge in [-0.05, 0) is 246 Å². The highest BCUT2D eigenvalue weighted by Crippen LogP contribution is 2.35. The molecular weight excluding hydrogens is 1680 g/mol. The van der Waals surface area contributed by atoms with E-state index in [0.717, 1.165) is 25.0 Å². The van der Waals surface area contributed by atoms with Gasteiger partial charge in [-0.15, -0.1) is 0 Å². The Hall–Kier alpha value is -7.88. The van der Waals surface area contributed by atoms with Crippen LogP contribution in [0.2, 0.25) is 0 Å². The molecule has 0 aromatic carbocycles. The minimum atomic E-state index is -1.55. The van der Waals surface area contributed by atoms with E-state index in [9.17, 15) is 71.9 Å². The number of fused-ring (bicyclic) bond motifs is 4. The molecule has 8 rings (SSSR count). The largest absolute Gasteiger partial charge is 0.459 e. The molecule has 8 atom stereocenters. The second-order valence-electron chi connectivity index (χ2n) is 42.8. The summed E-state index contributed by atoms with van der Waals surface area (Å²) in [7, 11) is 6.17. The predicted octanol–water partition coefficient (Wildman–Crippen LogP) is 12.3. The molecule has 30 nitrogen and oxygen atoms in total. The van der Waals surface area contributed by atoms with Crippen LogP contribution >= 0.6 is 0 Å². The molecule has 8 saturated heterocycles. The normalized spacial score (nSPS) is 20.9. The maximum atomic E-state index is 11.9. The Kier molecular flexibility index (Phi) is 48.6. The van der Waals surface area contributed by atoms with Gasteiger partial charge in [0.05, 0.1) is 13.1 Å². The average molecular weight is 1840 g/mol. The minimum absolute atomic E-state index is 0.0347. The Morgan fingerprint density at radius 2 is 0.746 bits per heavy atom. The van der Waals surface area contributed by atoms with Gasteiger partial charge < -0.3 is 69.3 Å². The molecule has 722 valence electrons. The number of carbonyl (C=O) groups excluding carboxylic acids is 15. The fourth-order valence-corrected chi connectivity index (χ4v) is 14.5. The molecule has 4 N–H and O–H groups in total. The zero-order valence-electron chi connectivity index (χ0n) is 83.4. The van der Waals surface area contributed by atoms with Gasteiger partial charge in [-0.3, -0.25) is 62.3 Å². The van der Waals surface area contributed by atoms with Crippen LogP contribution in [0.5, 0.6) is 0 Å². The molecule has 8 aliphatic heterocycles. The second kappa shape index (κ2) is 50.9. The van der Waals surface area contributed by atoms with Crippen molar-refractivity contribution < 1.29 is 100 Å². The van der Waals surface area contributed by atoms with Gasteiger partial charge in [0.2, 0.25) is 17.7 Å². The van der Waals surface area contributed by atoms with Crippen LogP contribution in [0.1, 0.15) is 306 Å². The van der Waals surface area contributed by atoms with E-state index < -0.39 is 42.6 Å². The summed E-state index contributed by atoms with van der Waals surface area (Å²) >= 11 is 10.7. The van der Waals surface area contributed by atoms with Crippen LogP contribution in [0.3, 0.4) is 0 Å². The number of amides is 7. The summed E-state index contributed by atoms with van der Waals surface area (Å²) in [5.74, 6) is -1.92. The van der Waals surface area contributed by atoms with Crippen LogP contribution < -0.4 is 21.3 Å². The maximum Gasteiger partial charge on any atom is 0.329 e. The number of hydrogen-bond acceptors (Lipinski definition) is 24. The smallest absolute Gasteiger partial charge is 0.329 e. The number of morpholine rings is 2. The Morgan fingerprint density at radius 1 is 0.444 bits per heavy atom. The van der Waals surface area contributed by atoms with E-state index in [1.807, 2.05) is 251 Å². The Bertz CT molecular complexity index is 3760. The lowest BCUT2D eigenvalue weighted by Crippen LogP contribution is -2.48. The van der Waals surface area contributed by atoms with Crippen molar-refractivity contribution in [3.63, 3.8) is 0 Å². The molecule has 0 saturated carbocycles. The van der Waals surface area contributed by atoms with E-state index in [-0.39, 0.29) is 157 Å². The topological polar surface area (TPSA) is 376 Å². The number of ether oxygens (including phenoxy) is 6. The van der Waals surface area contributed by atoms with Gasteiger partial charge in [0.25, 0.3) is 23.6 Å². The second-order valence-corrected chi connectivity index (χ2v) is 48.3. The van der Waals surface area contributed by atoms with E-state index >= 15 is 0 Å². The van der Waals surface area contributed by atoms with Gasteiger partial charge >= 0.3 is 35.8 Å². The minimum Gasteiger partial charge on any atom is -0.459 e. The van der Waals surface area contributed by atoms with Crippen LogP contribution in [0.4, 0.5) is 0 Å². The third-order valence-corrected chi connectivity index (χ3v) is 22.3. The summed E-state index contributed by atoms with van der Waals surface area (Å²) in [5, 5.41) is 13.1. The highest BCUT2D eigenvalue weighted by atomic mass is 33.1. The van der Waals surface area contributed by atoms with E-state index in [1.54, 1.807) is 33.9 Å². The van der Waals surface area contributed by atoms with Gasteiger partial charge in [-0.2, -0.15) is 0 Å². The third-order valence-electron chi connectivity index (χ3n) is 18.4. The van der Waals surface area contributed by atoms with Crippen molar-refractivity contribution in [2.75, 3.05) is 47.8 Å². The molecule has 7 amide bonds. The van der Waals surface area contributed by atoms with Crippen LogP contribution in [0, 0.1) is 21.7 Å². The molecular formula is C93H161N9O21S3. The number of allylic oxidation sites excluding steroid dienone is 4. The first-order chi connectivity index (χ1) is 56.6. The predicted molar refractivity (Wildman–Crippen MR) is 499 cm³/mol. The van der Waals surface area contributed by atoms with Gasteiger partial charge in [-0.1, -0.05) is 107 Å². The molecule has 126 heavy (non-hydrogen) atoms. The molecule has 0 spiro atoms. The third kappa shape index (κ3) is 49.6. The number of rotatable bonds is 11. The standard InChI is InChI=1S/2C10H15NO3.2C10H17NO3.C10H19NO.2C9H15NO3.C9H16O.C8H15NO.C8H17NS3/c2*1-10(2,3)9(13)11-5-6-4-7(11)8(12)14-6;2*1-10(2,3)11-9(13)7-5-4-6-8(12)14-7;1-10(2,3)9(12)7-6-8-11(4)5;2*1-9(2,3)10-8(12)6-4-5-7(11)13-6;1-7(2)6-8(10)9(3,4)5;1-6-7(10)9(5)8(2,3)4;1-6-7-12(10,11)9(5)8(2,3)4/h2*6-7H,4-5H2,1-3H3;2*7H,4-6H2,1-3H3,(H,11,13);6-7H,8H2,1-5H3;2*6H,4-5H2,1-3H3,(H,10,12);6H,1-5H3;6H,1H2,2-5H3;6-7H,1-5H3/b;;;;7-6+;;;;;7-6+/t2*6-,7-;2*7-;;2*6-;;;/m1010.10.../s1. The van der Waals surface area contributed by atoms with E-state index in [4.69, 9.17) is 50.8 Å². The lowest BCUT2D eigenvalue weighted by atomic mass is 9.90. The summed E-state index contributed by atoms with van der Waals surface area (Å²) in [5.41, 5.74) is -1.38. The Morgan fingerprint density at radius 3 is 0.937 bits per heavy atom. The first-order valence-corrected chi connectivity index (χ1v) is 46.8. The zero-order chi connectivity index (χ0) is 99.2. The van der Waals surface area contributed by atoms with Gasteiger partial charge in [-0.25, -0.2) is 13.9 Å². The van der Waals surface area contributed by atoms with Crippen molar-refractivity contribution in [3.8, 4) is 0 Å². The number of nitrogens with zero attached hydrogens (tertiary/aromatic N) is 5. The van der Waals surface area contributed by atoms with Crippen molar-refractivity contribution >= 4 is 118 Å². The summed E-state index contributed by atoms with van der Waals surface area (Å²) in [6, 6.07) is -0.626. The van der Waals surface area contributed by atoms with Gasteiger partial charge in [0.15, 0.2) is 36.0 Å². The number of cyclic esters (lactones) is 4. The molecule has 4 bridgehead atoms. The molecule has 33 heteroatoms. The summed E-state index contributed by atoms with van der Waals surface area (Å²) in [6.45, 7) is 69.0. The lowest BCUT2D eigenvalue weighted by molar-refractivity contribution is -0.161. The van der Waals surface area contributed by atoms with Crippen molar-refractivity contribution in [2.24, 2.45) is 21.7 Å². The Balaban J connectivity index is 0. The lowest BCUT2D eigenvalue weighted by Gasteiger charge is -2.33. The summed E-state index contributed by atoms with van der Waals surface area (Å²) < 4.78 is 31.7. The molecule has 0 aromatic heterocycles. The number of carbonyl (C=O) groups is 15. The van der Waals surface area contributed by atoms with Crippen LogP contribution in [0.15, 0.2) is 47.9 Å². The molecule has 8 aliphatic rings. The van der Waals surface area contributed by atoms with Crippen LogP contribution in [-0.4, -0.2) is 242 Å². The van der Waals surface area contributed by atoms with Crippen molar-refractivity contribution in [1.82, 2.24) is 45.2 Å². The highest BCUT2D eigenvalue weighted by Gasteiger charge is 2.52.